The number of anilines is 1. The van der Waals surface area contributed by atoms with E-state index in [1.165, 1.54) is 23.3 Å². The second kappa shape index (κ2) is 10.9. The van der Waals surface area contributed by atoms with Crippen LogP contribution in [-0.2, 0) is 5.75 Å². The van der Waals surface area contributed by atoms with Gasteiger partial charge in [-0.15, -0.1) is 10.2 Å². The van der Waals surface area contributed by atoms with Crippen molar-refractivity contribution in [2.45, 2.75) is 37.7 Å². The lowest BCUT2D eigenvalue weighted by Crippen LogP contribution is -2.32. The molecule has 0 aliphatic heterocycles. The van der Waals surface area contributed by atoms with Gasteiger partial charge >= 0.3 is 6.03 Å². The molecule has 9 heteroatoms. The molecule has 3 aromatic carbocycles. The van der Waals surface area contributed by atoms with E-state index in [4.69, 9.17) is 11.6 Å². The Bertz CT molecular complexity index is 1360. The van der Waals surface area contributed by atoms with Gasteiger partial charge in [0, 0.05) is 10.8 Å². The SMILES string of the molecule is Cc1ccccc1CSc1nnc(C(C)NC(=O)Nc2ccccc2F)n1-c1cc(Cl)ccc1C. The van der Waals surface area contributed by atoms with Crippen molar-refractivity contribution in [1.29, 1.82) is 0 Å². The van der Waals surface area contributed by atoms with Crippen molar-refractivity contribution in [3.8, 4) is 5.69 Å². The average molecular weight is 510 g/mol. The standard InChI is InChI=1S/C26H25ClFN5OS/c1-16-8-4-5-9-19(16)15-35-26-32-31-24(33(26)23-14-20(27)13-12-17(23)2)18(3)29-25(34)30-22-11-7-6-10-21(22)28/h4-14,18H,15H2,1-3H3,(H2,29,30,34). The molecular formula is C26H25ClFN5OS. The Morgan fingerprint density at radius 3 is 2.57 bits per heavy atom. The highest BCUT2D eigenvalue weighted by Gasteiger charge is 2.23. The number of carbonyl (C=O) groups is 1. The summed E-state index contributed by atoms with van der Waals surface area (Å²) in [7, 11) is 0. The van der Waals surface area contributed by atoms with Crippen molar-refractivity contribution in [3.63, 3.8) is 0 Å². The molecule has 0 bridgehead atoms. The number of para-hydroxylation sites is 1. The number of thioether (sulfide) groups is 1. The van der Waals surface area contributed by atoms with Gasteiger partial charge in [0.05, 0.1) is 17.4 Å². The van der Waals surface area contributed by atoms with Gasteiger partial charge in [-0.2, -0.15) is 0 Å². The topological polar surface area (TPSA) is 71.8 Å². The van der Waals surface area contributed by atoms with Crippen molar-refractivity contribution in [1.82, 2.24) is 20.1 Å². The predicted octanol–water partition coefficient (Wildman–Crippen LogP) is 6.85. The highest BCUT2D eigenvalue weighted by atomic mass is 35.5. The Balaban J connectivity index is 1.63. The number of nitrogens with zero attached hydrogens (tertiary/aromatic N) is 3. The van der Waals surface area contributed by atoms with Crippen molar-refractivity contribution in [2.24, 2.45) is 0 Å². The third-order valence-corrected chi connectivity index (χ3v) is 6.76. The molecule has 180 valence electrons. The molecule has 0 aliphatic rings. The molecule has 1 aromatic heterocycles. The summed E-state index contributed by atoms with van der Waals surface area (Å²) >= 11 is 7.88. The highest BCUT2D eigenvalue weighted by Crippen LogP contribution is 2.31. The molecule has 0 fully saturated rings. The van der Waals surface area contributed by atoms with E-state index in [0.717, 1.165) is 11.3 Å². The maximum absolute atomic E-state index is 14.0. The van der Waals surface area contributed by atoms with Gasteiger partial charge in [0.25, 0.3) is 0 Å². The van der Waals surface area contributed by atoms with E-state index < -0.39 is 17.9 Å². The zero-order chi connectivity index (χ0) is 24.9. The van der Waals surface area contributed by atoms with Crippen LogP contribution in [0.2, 0.25) is 5.02 Å². The second-order valence-corrected chi connectivity index (χ2v) is 9.50. The summed E-state index contributed by atoms with van der Waals surface area (Å²) in [5, 5.41) is 15.5. The average Bonchev–Trinajstić information content (AvgIpc) is 3.25. The molecule has 0 aliphatic carbocycles. The van der Waals surface area contributed by atoms with E-state index in [1.54, 1.807) is 30.8 Å². The summed E-state index contributed by atoms with van der Waals surface area (Å²) in [6, 6.07) is 18.7. The van der Waals surface area contributed by atoms with Crippen LogP contribution in [-0.4, -0.2) is 20.8 Å². The van der Waals surface area contributed by atoms with E-state index in [0.29, 0.717) is 21.8 Å². The van der Waals surface area contributed by atoms with Crippen molar-refractivity contribution in [3.05, 3.63) is 100 Å². The molecule has 35 heavy (non-hydrogen) atoms. The molecule has 1 atom stereocenters. The first-order chi connectivity index (χ1) is 16.8. The fourth-order valence-electron chi connectivity index (χ4n) is 3.60. The third kappa shape index (κ3) is 5.83. The van der Waals surface area contributed by atoms with Crippen LogP contribution in [0, 0.1) is 19.7 Å². The third-order valence-electron chi connectivity index (χ3n) is 5.55. The van der Waals surface area contributed by atoms with Crippen LogP contribution >= 0.6 is 23.4 Å². The summed E-state index contributed by atoms with van der Waals surface area (Å²) in [6.45, 7) is 5.86. The van der Waals surface area contributed by atoms with Gasteiger partial charge in [-0.3, -0.25) is 4.57 Å². The predicted molar refractivity (Wildman–Crippen MR) is 139 cm³/mol. The quantitative estimate of drug-likeness (QED) is 0.267. The van der Waals surface area contributed by atoms with E-state index in [2.05, 4.69) is 39.9 Å². The molecule has 4 rings (SSSR count). The van der Waals surface area contributed by atoms with Gasteiger partial charge in [-0.05, 0) is 61.7 Å². The number of nitrogens with one attached hydrogen (secondary N) is 2. The minimum Gasteiger partial charge on any atom is -0.328 e. The number of halogens is 2. The van der Waals surface area contributed by atoms with Gasteiger partial charge in [0.15, 0.2) is 11.0 Å². The monoisotopic (exact) mass is 509 g/mol. The number of benzene rings is 3. The number of amides is 2. The lowest BCUT2D eigenvalue weighted by Gasteiger charge is -2.18. The molecule has 0 saturated carbocycles. The summed E-state index contributed by atoms with van der Waals surface area (Å²) in [5.74, 6) is 0.731. The molecule has 2 N–H and O–H groups in total. The first kappa shape index (κ1) is 24.8. The van der Waals surface area contributed by atoms with Crippen molar-refractivity contribution < 1.29 is 9.18 Å². The fourth-order valence-corrected chi connectivity index (χ4v) is 4.80. The lowest BCUT2D eigenvalue weighted by atomic mass is 10.1. The smallest absolute Gasteiger partial charge is 0.319 e. The molecule has 0 radical (unpaired) electrons. The van der Waals surface area contributed by atoms with Gasteiger partial charge in [0.1, 0.15) is 5.82 Å². The first-order valence-corrected chi connectivity index (χ1v) is 12.4. The van der Waals surface area contributed by atoms with Crippen LogP contribution in [0.15, 0.2) is 71.9 Å². The van der Waals surface area contributed by atoms with Crippen LogP contribution in [0.25, 0.3) is 5.69 Å². The maximum atomic E-state index is 14.0. The number of aromatic nitrogens is 3. The van der Waals surface area contributed by atoms with Crippen LogP contribution in [0.3, 0.4) is 0 Å². The number of hydrogen-bond acceptors (Lipinski definition) is 4. The zero-order valence-electron chi connectivity index (χ0n) is 19.5. The number of aryl methyl sites for hydroxylation is 2. The summed E-state index contributed by atoms with van der Waals surface area (Å²) in [4.78, 5) is 12.6. The fraction of sp³-hybridized carbons (Fsp3) is 0.192. The van der Waals surface area contributed by atoms with Gasteiger partial charge < -0.3 is 10.6 Å². The molecule has 2 amide bonds. The van der Waals surface area contributed by atoms with E-state index in [-0.39, 0.29) is 5.69 Å². The van der Waals surface area contributed by atoms with E-state index in [1.807, 2.05) is 41.8 Å². The second-order valence-electron chi connectivity index (χ2n) is 8.12. The Morgan fingerprint density at radius 2 is 1.80 bits per heavy atom. The lowest BCUT2D eigenvalue weighted by molar-refractivity contribution is 0.248. The molecule has 6 nitrogen and oxygen atoms in total. The van der Waals surface area contributed by atoms with Crippen LogP contribution in [0.5, 0.6) is 0 Å². The minimum atomic E-state index is -0.547. The Hall–Kier alpha value is -3.36. The van der Waals surface area contributed by atoms with Gasteiger partial charge in [-0.25, -0.2) is 9.18 Å². The molecule has 1 heterocycles. The van der Waals surface area contributed by atoms with Crippen LogP contribution in [0.1, 0.15) is 35.5 Å². The van der Waals surface area contributed by atoms with Gasteiger partial charge in [0.2, 0.25) is 0 Å². The normalized spacial score (nSPS) is 11.8. The van der Waals surface area contributed by atoms with Gasteiger partial charge in [-0.1, -0.05) is 65.8 Å². The highest BCUT2D eigenvalue weighted by molar-refractivity contribution is 7.98. The van der Waals surface area contributed by atoms with Crippen LogP contribution in [0.4, 0.5) is 14.9 Å². The Morgan fingerprint density at radius 1 is 1.06 bits per heavy atom. The number of hydrogen-bond donors (Lipinski definition) is 2. The van der Waals surface area contributed by atoms with Crippen LogP contribution < -0.4 is 10.6 Å². The summed E-state index contributed by atoms with van der Waals surface area (Å²) in [6.07, 6.45) is 0. The zero-order valence-corrected chi connectivity index (χ0v) is 21.1. The Kier molecular flexibility index (Phi) is 7.73. The largest absolute Gasteiger partial charge is 0.328 e. The number of carbonyl (C=O) groups excluding carboxylic acids is 1. The molecule has 0 spiro atoms. The Labute approximate surface area is 212 Å². The maximum Gasteiger partial charge on any atom is 0.319 e. The minimum absolute atomic E-state index is 0.0961. The first-order valence-electron chi connectivity index (χ1n) is 11.0. The molecule has 4 aromatic rings. The molecular weight excluding hydrogens is 485 g/mol. The van der Waals surface area contributed by atoms with Crippen molar-refractivity contribution >= 4 is 35.1 Å². The van der Waals surface area contributed by atoms with E-state index in [9.17, 15) is 9.18 Å². The van der Waals surface area contributed by atoms with E-state index >= 15 is 0 Å². The molecule has 1 unspecified atom stereocenters. The number of urea groups is 1. The van der Waals surface area contributed by atoms with Crippen molar-refractivity contribution in [2.75, 3.05) is 5.32 Å². The molecule has 0 saturated heterocycles. The summed E-state index contributed by atoms with van der Waals surface area (Å²) < 4.78 is 15.9. The number of rotatable bonds is 7. The summed E-state index contributed by atoms with van der Waals surface area (Å²) in [5.41, 5.74) is 4.31.